The Hall–Kier alpha value is -0.980. The fourth-order valence-electron chi connectivity index (χ4n) is 4.55. The molecule has 0 N–H and O–H groups in total. The summed E-state index contributed by atoms with van der Waals surface area (Å²) in [5, 5.41) is 0. The van der Waals surface area contributed by atoms with E-state index in [1.54, 1.807) is 16.8 Å². The van der Waals surface area contributed by atoms with E-state index in [4.69, 9.17) is 0 Å². The normalized spacial score (nSPS) is 19.7. The number of hydrogen-bond acceptors (Lipinski definition) is 1. The van der Waals surface area contributed by atoms with Crippen LogP contribution < -0.4 is 4.90 Å². The van der Waals surface area contributed by atoms with Crippen LogP contribution in [0.3, 0.4) is 0 Å². The Morgan fingerprint density at radius 1 is 0.955 bits per heavy atom. The van der Waals surface area contributed by atoms with Crippen LogP contribution >= 0.6 is 0 Å². The van der Waals surface area contributed by atoms with Gasteiger partial charge in [0.2, 0.25) is 0 Å². The van der Waals surface area contributed by atoms with Crippen LogP contribution in [0.15, 0.2) is 12.1 Å². The van der Waals surface area contributed by atoms with E-state index < -0.39 is 0 Å². The molecule has 1 heterocycles. The first-order valence-electron chi connectivity index (χ1n) is 9.10. The van der Waals surface area contributed by atoms with Crippen LogP contribution in [-0.2, 0) is 12.8 Å². The predicted octanol–water partition coefficient (Wildman–Crippen LogP) is 5.91. The molecule has 0 amide bonds. The van der Waals surface area contributed by atoms with Crippen molar-refractivity contribution in [2.24, 2.45) is 5.41 Å². The molecule has 22 heavy (non-hydrogen) atoms. The SMILES string of the molecule is CCCc1cc(C)cc(CCC)c1N1CC(C)(C)CC1(C)C. The lowest BCUT2D eigenvalue weighted by Crippen LogP contribution is -2.39. The number of aryl methyl sites for hydroxylation is 3. The summed E-state index contributed by atoms with van der Waals surface area (Å²) in [5.41, 5.74) is 6.77. The monoisotopic (exact) mass is 301 g/mol. The molecule has 0 bridgehead atoms. The molecular weight excluding hydrogens is 266 g/mol. The van der Waals surface area contributed by atoms with Gasteiger partial charge in [0.1, 0.15) is 0 Å². The Kier molecular flexibility index (Phi) is 4.94. The maximum atomic E-state index is 2.72. The molecule has 1 aromatic rings. The minimum absolute atomic E-state index is 0.254. The molecule has 0 atom stereocenters. The minimum atomic E-state index is 0.254. The van der Waals surface area contributed by atoms with E-state index in [1.165, 1.54) is 44.2 Å². The lowest BCUT2D eigenvalue weighted by atomic mass is 9.86. The molecule has 0 radical (unpaired) electrons. The Bertz CT molecular complexity index is 498. The third kappa shape index (κ3) is 3.50. The maximum Gasteiger partial charge on any atom is 0.0436 e. The van der Waals surface area contributed by atoms with E-state index >= 15 is 0 Å². The third-order valence-corrected chi connectivity index (χ3v) is 4.95. The zero-order valence-corrected chi connectivity index (χ0v) is 15.8. The molecule has 0 spiro atoms. The molecule has 0 unspecified atom stereocenters. The molecule has 1 saturated heterocycles. The first-order valence-corrected chi connectivity index (χ1v) is 9.10. The summed E-state index contributed by atoms with van der Waals surface area (Å²) in [5.74, 6) is 0. The van der Waals surface area contributed by atoms with Crippen molar-refractivity contribution in [1.82, 2.24) is 0 Å². The van der Waals surface area contributed by atoms with Crippen molar-refractivity contribution in [3.8, 4) is 0 Å². The molecule has 0 aromatic heterocycles. The molecular formula is C21H35N. The maximum absolute atomic E-state index is 2.72. The highest BCUT2D eigenvalue weighted by Gasteiger charge is 2.44. The summed E-state index contributed by atoms with van der Waals surface area (Å²) in [6, 6.07) is 4.86. The van der Waals surface area contributed by atoms with Crippen LogP contribution in [0.1, 0.15) is 77.5 Å². The van der Waals surface area contributed by atoms with Gasteiger partial charge in [0.25, 0.3) is 0 Å². The van der Waals surface area contributed by atoms with Crippen molar-refractivity contribution in [2.75, 3.05) is 11.4 Å². The average molecular weight is 302 g/mol. The van der Waals surface area contributed by atoms with Gasteiger partial charge in [0.15, 0.2) is 0 Å². The topological polar surface area (TPSA) is 3.24 Å². The summed E-state index contributed by atoms with van der Waals surface area (Å²) in [4.78, 5) is 2.72. The average Bonchev–Trinajstić information content (AvgIpc) is 2.57. The second kappa shape index (κ2) is 6.26. The van der Waals surface area contributed by atoms with Gasteiger partial charge in [-0.1, -0.05) is 58.2 Å². The fourth-order valence-corrected chi connectivity index (χ4v) is 4.55. The van der Waals surface area contributed by atoms with Crippen LogP contribution in [0, 0.1) is 12.3 Å². The van der Waals surface area contributed by atoms with Crippen LogP contribution in [0.2, 0.25) is 0 Å². The van der Waals surface area contributed by atoms with E-state index in [0.717, 1.165) is 0 Å². The highest BCUT2D eigenvalue weighted by molar-refractivity contribution is 5.64. The summed E-state index contributed by atoms with van der Waals surface area (Å²) in [6.07, 6.45) is 6.10. The summed E-state index contributed by atoms with van der Waals surface area (Å²) >= 11 is 0. The van der Waals surface area contributed by atoms with E-state index in [2.05, 4.69) is 65.5 Å². The van der Waals surface area contributed by atoms with Crippen molar-refractivity contribution in [1.29, 1.82) is 0 Å². The van der Waals surface area contributed by atoms with Gasteiger partial charge in [-0.25, -0.2) is 0 Å². The Labute approximate surface area is 138 Å². The quantitative estimate of drug-likeness (QED) is 0.653. The van der Waals surface area contributed by atoms with Gasteiger partial charge >= 0.3 is 0 Å². The highest BCUT2D eigenvalue weighted by Crippen LogP contribution is 2.46. The molecule has 1 fully saturated rings. The van der Waals surface area contributed by atoms with E-state index in [-0.39, 0.29) is 5.54 Å². The van der Waals surface area contributed by atoms with Crippen molar-refractivity contribution in [3.63, 3.8) is 0 Å². The first kappa shape index (κ1) is 17.4. The standard InChI is InChI=1S/C21H35N/c1-8-10-17-12-16(3)13-18(11-9-2)19(17)22-15-20(4,5)14-21(22,6)7/h12-13H,8-11,14-15H2,1-7H3. The largest absolute Gasteiger partial charge is 0.365 e. The zero-order chi connectivity index (χ0) is 16.5. The lowest BCUT2D eigenvalue weighted by Gasteiger charge is -2.37. The molecule has 1 heteroatoms. The molecule has 0 saturated carbocycles. The van der Waals surface area contributed by atoms with Crippen LogP contribution in [0.5, 0.6) is 0 Å². The van der Waals surface area contributed by atoms with Gasteiger partial charge in [-0.15, -0.1) is 0 Å². The number of hydrogen-bond donors (Lipinski definition) is 0. The van der Waals surface area contributed by atoms with Gasteiger partial charge in [-0.2, -0.15) is 0 Å². The number of anilines is 1. The molecule has 1 nitrogen and oxygen atoms in total. The third-order valence-electron chi connectivity index (χ3n) is 4.95. The first-order chi connectivity index (χ1) is 10.2. The van der Waals surface area contributed by atoms with Gasteiger partial charge in [0, 0.05) is 17.8 Å². The summed E-state index contributed by atoms with van der Waals surface area (Å²) in [7, 11) is 0. The molecule has 0 aliphatic carbocycles. The smallest absolute Gasteiger partial charge is 0.0436 e. The highest BCUT2D eigenvalue weighted by atomic mass is 15.2. The van der Waals surface area contributed by atoms with Gasteiger partial charge in [-0.3, -0.25) is 0 Å². The summed E-state index contributed by atoms with van der Waals surface area (Å²) < 4.78 is 0. The van der Waals surface area contributed by atoms with Crippen molar-refractivity contribution < 1.29 is 0 Å². The number of benzene rings is 1. The minimum Gasteiger partial charge on any atom is -0.365 e. The van der Waals surface area contributed by atoms with Gasteiger partial charge in [-0.05, 0) is 56.6 Å². The Morgan fingerprint density at radius 2 is 1.45 bits per heavy atom. The summed E-state index contributed by atoms with van der Waals surface area (Å²) in [6.45, 7) is 17.7. The van der Waals surface area contributed by atoms with Crippen LogP contribution in [0.4, 0.5) is 5.69 Å². The van der Waals surface area contributed by atoms with E-state index in [1.807, 2.05) is 0 Å². The number of nitrogens with zero attached hydrogens (tertiary/aromatic N) is 1. The molecule has 1 aliphatic heterocycles. The second-order valence-electron chi connectivity index (χ2n) is 8.67. The fraction of sp³-hybridized carbons (Fsp3) is 0.714. The molecule has 124 valence electrons. The van der Waals surface area contributed by atoms with E-state index in [0.29, 0.717) is 5.41 Å². The van der Waals surface area contributed by atoms with Crippen LogP contribution in [-0.4, -0.2) is 12.1 Å². The number of rotatable bonds is 5. The lowest BCUT2D eigenvalue weighted by molar-refractivity contribution is 0.371. The van der Waals surface area contributed by atoms with Gasteiger partial charge in [0.05, 0.1) is 0 Å². The van der Waals surface area contributed by atoms with E-state index in [9.17, 15) is 0 Å². The van der Waals surface area contributed by atoms with Crippen molar-refractivity contribution >= 4 is 5.69 Å². The van der Waals surface area contributed by atoms with Crippen molar-refractivity contribution in [3.05, 3.63) is 28.8 Å². The van der Waals surface area contributed by atoms with Crippen molar-refractivity contribution in [2.45, 2.75) is 86.1 Å². The second-order valence-corrected chi connectivity index (χ2v) is 8.67. The molecule has 1 aromatic carbocycles. The Balaban J connectivity index is 2.56. The zero-order valence-electron chi connectivity index (χ0n) is 15.8. The van der Waals surface area contributed by atoms with Gasteiger partial charge < -0.3 is 4.90 Å². The molecule has 1 aliphatic rings. The predicted molar refractivity (Wildman–Crippen MR) is 99.0 cm³/mol. The Morgan fingerprint density at radius 3 is 1.82 bits per heavy atom. The molecule has 2 rings (SSSR count). The van der Waals surface area contributed by atoms with Crippen LogP contribution in [0.25, 0.3) is 0 Å².